The Morgan fingerprint density at radius 2 is 2.11 bits per heavy atom. The number of carbonyl (C=O) groups excluding carboxylic acids is 1. The van der Waals surface area contributed by atoms with Gasteiger partial charge in [0, 0.05) is 10.6 Å². The molecule has 2 atom stereocenters. The van der Waals surface area contributed by atoms with Crippen molar-refractivity contribution in [3.8, 4) is 0 Å². The smallest absolute Gasteiger partial charge is 0.263 e. The Kier molecular flexibility index (Phi) is 5.36. The molecule has 1 fully saturated rings. The Bertz CT molecular complexity index is 453. The second kappa shape index (κ2) is 6.81. The Morgan fingerprint density at radius 1 is 1.42 bits per heavy atom. The van der Waals surface area contributed by atoms with Gasteiger partial charge in [0.05, 0.1) is 16.1 Å². The summed E-state index contributed by atoms with van der Waals surface area (Å²) in [6, 6.07) is 5.41. The number of nitrogens with two attached hydrogens (primary N) is 1. The van der Waals surface area contributed by atoms with Gasteiger partial charge in [-0.25, -0.2) is 5.84 Å². The van der Waals surface area contributed by atoms with Crippen molar-refractivity contribution in [1.82, 2.24) is 5.43 Å². The minimum atomic E-state index is -0.447. The second-order valence-electron chi connectivity index (χ2n) is 4.19. The average molecular weight is 321 g/mol. The molecule has 2 rings (SSSR count). The Hall–Kier alpha value is -0.460. The minimum absolute atomic E-state index is 0.0136. The van der Waals surface area contributed by atoms with E-state index >= 15 is 0 Å². The molecule has 1 aliphatic rings. The molecule has 0 aliphatic carbocycles. The zero-order valence-electron chi connectivity index (χ0n) is 10.1. The molecule has 19 heavy (non-hydrogen) atoms. The molecule has 1 aromatic carbocycles. The zero-order valence-corrected chi connectivity index (χ0v) is 12.4. The number of hydrazine groups is 1. The third-order valence-electron chi connectivity index (χ3n) is 2.87. The Labute approximate surface area is 125 Å². The fraction of sp³-hybridized carbons (Fsp3) is 0.417. The zero-order chi connectivity index (χ0) is 13.8. The van der Waals surface area contributed by atoms with Crippen LogP contribution in [0.4, 0.5) is 0 Å². The molecule has 0 radical (unpaired) electrons. The minimum Gasteiger partial charge on any atom is -0.364 e. The normalized spacial score (nSPS) is 22.5. The lowest BCUT2D eigenvalue weighted by molar-refractivity contribution is -0.131. The summed E-state index contributed by atoms with van der Waals surface area (Å²) in [5, 5.41) is 1.26. The van der Waals surface area contributed by atoms with Gasteiger partial charge < -0.3 is 4.74 Å². The molecular formula is C12H14Cl2N2O2S. The molecule has 7 heteroatoms. The van der Waals surface area contributed by atoms with Crippen molar-refractivity contribution in [3.63, 3.8) is 0 Å². The van der Waals surface area contributed by atoms with E-state index < -0.39 is 6.10 Å². The molecule has 1 saturated heterocycles. The molecule has 1 amide bonds. The molecule has 0 spiro atoms. The maximum Gasteiger partial charge on any atom is 0.263 e. The van der Waals surface area contributed by atoms with Crippen LogP contribution in [-0.4, -0.2) is 23.9 Å². The summed E-state index contributed by atoms with van der Waals surface area (Å²) in [5.41, 5.74) is 2.11. The van der Waals surface area contributed by atoms with Crippen LogP contribution in [0, 0.1) is 0 Å². The monoisotopic (exact) mass is 320 g/mol. The molecular weight excluding hydrogens is 307 g/mol. The first-order valence-corrected chi connectivity index (χ1v) is 7.58. The van der Waals surface area contributed by atoms with Gasteiger partial charge in [-0.05, 0) is 25.0 Å². The summed E-state index contributed by atoms with van der Waals surface area (Å²) in [5.74, 6) is 5.51. The van der Waals surface area contributed by atoms with E-state index in [0.717, 1.165) is 11.3 Å². The van der Waals surface area contributed by atoms with E-state index in [1.807, 2.05) is 6.07 Å². The number of hydrogen-bond donors (Lipinski definition) is 2. The van der Waals surface area contributed by atoms with E-state index in [1.165, 1.54) is 0 Å². The lowest BCUT2D eigenvalue weighted by Gasteiger charge is -2.13. The van der Waals surface area contributed by atoms with Gasteiger partial charge in [-0.1, -0.05) is 29.3 Å². The first-order chi connectivity index (χ1) is 9.11. The molecule has 4 nitrogen and oxygen atoms in total. The van der Waals surface area contributed by atoms with Gasteiger partial charge in [0.25, 0.3) is 5.91 Å². The lowest BCUT2D eigenvalue weighted by atomic mass is 10.2. The van der Waals surface area contributed by atoms with Crippen LogP contribution in [-0.2, 0) is 9.53 Å². The summed E-state index contributed by atoms with van der Waals surface area (Å²) >= 11 is 13.7. The van der Waals surface area contributed by atoms with E-state index in [2.05, 4.69) is 5.43 Å². The van der Waals surface area contributed by atoms with Crippen molar-refractivity contribution in [3.05, 3.63) is 28.2 Å². The number of thioether (sulfide) groups is 1. The predicted octanol–water partition coefficient (Wildman–Crippen LogP) is 2.62. The fourth-order valence-corrected chi connectivity index (χ4v) is 3.65. The van der Waals surface area contributed by atoms with Crippen molar-refractivity contribution < 1.29 is 9.53 Å². The first kappa shape index (κ1) is 14.9. The average Bonchev–Trinajstić information content (AvgIpc) is 2.86. The summed E-state index contributed by atoms with van der Waals surface area (Å²) in [7, 11) is 0. The largest absolute Gasteiger partial charge is 0.364 e. The third-order valence-corrected chi connectivity index (χ3v) is 5.00. The van der Waals surface area contributed by atoms with Crippen LogP contribution in [0.1, 0.15) is 12.8 Å². The molecule has 0 aromatic heterocycles. The molecule has 0 bridgehead atoms. The molecule has 1 aromatic rings. The van der Waals surface area contributed by atoms with Crippen LogP contribution in [0.3, 0.4) is 0 Å². The van der Waals surface area contributed by atoms with E-state index in [4.69, 9.17) is 33.8 Å². The van der Waals surface area contributed by atoms with Crippen LogP contribution in [0.2, 0.25) is 10.0 Å². The summed E-state index contributed by atoms with van der Waals surface area (Å²) in [6.45, 7) is 0. The van der Waals surface area contributed by atoms with Crippen LogP contribution >= 0.6 is 35.0 Å². The number of benzene rings is 1. The summed E-state index contributed by atoms with van der Waals surface area (Å²) < 4.78 is 5.62. The van der Waals surface area contributed by atoms with Gasteiger partial charge >= 0.3 is 0 Å². The summed E-state index contributed by atoms with van der Waals surface area (Å²) in [6.07, 6.45) is 1.08. The van der Waals surface area contributed by atoms with Crippen LogP contribution in [0.15, 0.2) is 23.1 Å². The van der Waals surface area contributed by atoms with Crippen molar-refractivity contribution in [1.29, 1.82) is 0 Å². The number of ether oxygens (including phenoxy) is 1. The maximum absolute atomic E-state index is 11.3. The number of carbonyl (C=O) groups is 1. The molecule has 104 valence electrons. The van der Waals surface area contributed by atoms with Crippen molar-refractivity contribution in [2.75, 3.05) is 5.75 Å². The SMILES string of the molecule is NNC(=O)C1CCC(CSc2c(Cl)cccc2Cl)O1. The molecule has 3 N–H and O–H groups in total. The Morgan fingerprint density at radius 3 is 2.74 bits per heavy atom. The predicted molar refractivity (Wildman–Crippen MR) is 77.4 cm³/mol. The number of hydrogen-bond acceptors (Lipinski definition) is 4. The first-order valence-electron chi connectivity index (χ1n) is 5.84. The van der Waals surface area contributed by atoms with Gasteiger partial charge in [0.2, 0.25) is 0 Å². The molecule has 1 aliphatic heterocycles. The van der Waals surface area contributed by atoms with Gasteiger partial charge in [-0.2, -0.15) is 0 Å². The number of nitrogens with one attached hydrogen (secondary N) is 1. The topological polar surface area (TPSA) is 64.3 Å². The van der Waals surface area contributed by atoms with Crippen molar-refractivity contribution in [2.45, 2.75) is 29.9 Å². The van der Waals surface area contributed by atoms with E-state index in [0.29, 0.717) is 22.2 Å². The fourth-order valence-electron chi connectivity index (χ4n) is 1.91. The molecule has 2 unspecified atom stereocenters. The highest BCUT2D eigenvalue weighted by Crippen LogP contribution is 2.35. The highest BCUT2D eigenvalue weighted by molar-refractivity contribution is 7.99. The summed E-state index contributed by atoms with van der Waals surface area (Å²) in [4.78, 5) is 12.2. The van der Waals surface area contributed by atoms with E-state index in [-0.39, 0.29) is 12.0 Å². The number of halogens is 2. The number of amides is 1. The highest BCUT2D eigenvalue weighted by atomic mass is 35.5. The molecule has 0 saturated carbocycles. The second-order valence-corrected chi connectivity index (χ2v) is 6.04. The van der Waals surface area contributed by atoms with Crippen LogP contribution in [0.25, 0.3) is 0 Å². The van der Waals surface area contributed by atoms with E-state index in [9.17, 15) is 4.79 Å². The molecule has 1 heterocycles. The van der Waals surface area contributed by atoms with Gasteiger partial charge in [-0.15, -0.1) is 11.8 Å². The van der Waals surface area contributed by atoms with Crippen molar-refractivity contribution >= 4 is 40.9 Å². The Balaban J connectivity index is 1.89. The van der Waals surface area contributed by atoms with Crippen molar-refractivity contribution in [2.24, 2.45) is 5.84 Å². The van der Waals surface area contributed by atoms with Gasteiger partial charge in [0.1, 0.15) is 6.10 Å². The third kappa shape index (κ3) is 3.77. The highest BCUT2D eigenvalue weighted by Gasteiger charge is 2.30. The van der Waals surface area contributed by atoms with Gasteiger partial charge in [-0.3, -0.25) is 10.2 Å². The van der Waals surface area contributed by atoms with Crippen LogP contribution in [0.5, 0.6) is 0 Å². The number of rotatable bonds is 4. The van der Waals surface area contributed by atoms with E-state index in [1.54, 1.807) is 23.9 Å². The van der Waals surface area contributed by atoms with Gasteiger partial charge in [0.15, 0.2) is 0 Å². The quantitative estimate of drug-likeness (QED) is 0.387. The lowest BCUT2D eigenvalue weighted by Crippen LogP contribution is -2.39. The maximum atomic E-state index is 11.3. The van der Waals surface area contributed by atoms with Crippen LogP contribution < -0.4 is 11.3 Å². The standard InChI is InChI=1S/C12H14Cl2N2O2S/c13-8-2-1-3-9(14)11(8)19-6-7-4-5-10(18-7)12(17)16-15/h1-3,7,10H,4-6,15H2,(H,16,17).